The molecule has 0 aliphatic carbocycles. The van der Waals surface area contributed by atoms with Crippen LogP contribution < -0.4 is 10.1 Å². The van der Waals surface area contributed by atoms with Gasteiger partial charge in [-0.15, -0.1) is 5.10 Å². The van der Waals surface area contributed by atoms with E-state index in [1.165, 1.54) is 23.9 Å². The molecule has 0 saturated carbocycles. The zero-order valence-electron chi connectivity index (χ0n) is 15.0. The van der Waals surface area contributed by atoms with E-state index in [9.17, 15) is 9.18 Å². The molecule has 27 heavy (non-hydrogen) atoms. The van der Waals surface area contributed by atoms with Gasteiger partial charge in [0.2, 0.25) is 11.1 Å². The number of aryl methyl sites for hydroxylation is 2. The van der Waals surface area contributed by atoms with Crippen molar-refractivity contribution >= 4 is 23.4 Å². The summed E-state index contributed by atoms with van der Waals surface area (Å²) in [5, 5.41) is 9.99. The summed E-state index contributed by atoms with van der Waals surface area (Å²) in [6.45, 7) is 4.07. The van der Waals surface area contributed by atoms with Gasteiger partial charge in [-0.2, -0.15) is 0 Å². The van der Waals surface area contributed by atoms with Crippen molar-refractivity contribution in [2.24, 2.45) is 0 Å². The SMILES string of the molecule is Cc1ccc(OCc2nc(SCC(=O)Nc3cc(F)ccc3C)n[nH]2)cc1. The average Bonchev–Trinajstić information content (AvgIpc) is 3.10. The second kappa shape index (κ2) is 8.68. The van der Waals surface area contributed by atoms with E-state index < -0.39 is 5.82 Å². The molecule has 3 rings (SSSR count). The number of aromatic amines is 1. The highest BCUT2D eigenvalue weighted by Crippen LogP contribution is 2.18. The third kappa shape index (κ3) is 5.55. The zero-order chi connectivity index (χ0) is 19.2. The van der Waals surface area contributed by atoms with Gasteiger partial charge in [0, 0.05) is 5.69 Å². The highest BCUT2D eigenvalue weighted by molar-refractivity contribution is 7.99. The van der Waals surface area contributed by atoms with Crippen LogP contribution in [-0.4, -0.2) is 26.8 Å². The first-order chi connectivity index (χ1) is 13.0. The number of thioether (sulfide) groups is 1. The number of hydrogen-bond donors (Lipinski definition) is 2. The Balaban J connectivity index is 1.48. The molecule has 0 fully saturated rings. The average molecular weight is 386 g/mol. The Morgan fingerprint density at radius 2 is 2.00 bits per heavy atom. The lowest BCUT2D eigenvalue weighted by molar-refractivity contribution is -0.113. The molecule has 0 unspecified atom stereocenters. The van der Waals surface area contributed by atoms with Gasteiger partial charge in [0.1, 0.15) is 18.2 Å². The Hall–Kier alpha value is -2.87. The Morgan fingerprint density at radius 1 is 1.22 bits per heavy atom. The van der Waals surface area contributed by atoms with Crippen molar-refractivity contribution in [1.82, 2.24) is 15.2 Å². The lowest BCUT2D eigenvalue weighted by Crippen LogP contribution is -2.15. The fourth-order valence-electron chi connectivity index (χ4n) is 2.24. The van der Waals surface area contributed by atoms with Gasteiger partial charge in [0.15, 0.2) is 5.82 Å². The van der Waals surface area contributed by atoms with Crippen LogP contribution in [0.3, 0.4) is 0 Å². The molecular weight excluding hydrogens is 367 g/mol. The molecule has 140 valence electrons. The monoisotopic (exact) mass is 386 g/mol. The summed E-state index contributed by atoms with van der Waals surface area (Å²) in [7, 11) is 0. The van der Waals surface area contributed by atoms with Gasteiger partial charge >= 0.3 is 0 Å². The minimum atomic E-state index is -0.393. The normalized spacial score (nSPS) is 10.6. The number of benzene rings is 2. The first kappa shape index (κ1) is 18.9. The van der Waals surface area contributed by atoms with Gasteiger partial charge in [-0.1, -0.05) is 35.5 Å². The molecule has 3 aromatic rings. The minimum absolute atomic E-state index is 0.117. The summed E-state index contributed by atoms with van der Waals surface area (Å²) < 4.78 is 18.9. The molecule has 0 aliphatic heterocycles. The van der Waals surface area contributed by atoms with Crippen molar-refractivity contribution in [2.45, 2.75) is 25.6 Å². The number of hydrogen-bond acceptors (Lipinski definition) is 5. The van der Waals surface area contributed by atoms with Gasteiger partial charge in [-0.3, -0.25) is 9.89 Å². The minimum Gasteiger partial charge on any atom is -0.486 e. The summed E-state index contributed by atoms with van der Waals surface area (Å²) in [6.07, 6.45) is 0. The van der Waals surface area contributed by atoms with E-state index in [0.717, 1.165) is 16.9 Å². The molecule has 1 heterocycles. The maximum Gasteiger partial charge on any atom is 0.234 e. The van der Waals surface area contributed by atoms with Crippen LogP contribution in [0.25, 0.3) is 0 Å². The number of rotatable bonds is 7. The molecule has 1 aromatic heterocycles. The number of carbonyl (C=O) groups excluding carboxylic acids is 1. The van der Waals surface area contributed by atoms with Crippen molar-refractivity contribution in [2.75, 3.05) is 11.1 Å². The topological polar surface area (TPSA) is 79.9 Å². The van der Waals surface area contributed by atoms with E-state index in [4.69, 9.17) is 4.74 Å². The lowest BCUT2D eigenvalue weighted by Gasteiger charge is -2.07. The van der Waals surface area contributed by atoms with E-state index in [1.54, 1.807) is 13.0 Å². The molecular formula is C19H19FN4O2S. The second-order valence-electron chi connectivity index (χ2n) is 5.96. The number of halogens is 1. The number of aromatic nitrogens is 3. The van der Waals surface area contributed by atoms with Crippen LogP contribution in [0.2, 0.25) is 0 Å². The molecule has 0 saturated heterocycles. The molecule has 8 heteroatoms. The van der Waals surface area contributed by atoms with Gasteiger partial charge in [0.05, 0.1) is 5.75 Å². The second-order valence-corrected chi connectivity index (χ2v) is 6.90. The summed E-state index contributed by atoms with van der Waals surface area (Å²) >= 11 is 1.19. The Labute approximate surface area is 160 Å². The van der Waals surface area contributed by atoms with Crippen molar-refractivity contribution in [3.8, 4) is 5.75 Å². The molecule has 2 N–H and O–H groups in total. The molecule has 2 aromatic carbocycles. The van der Waals surface area contributed by atoms with Gasteiger partial charge in [-0.05, 0) is 43.7 Å². The summed E-state index contributed by atoms with van der Waals surface area (Å²) in [4.78, 5) is 16.3. The standard InChI is InChI=1S/C19H19FN4O2S/c1-12-3-7-15(8-4-12)26-10-17-22-19(24-23-17)27-11-18(25)21-16-9-14(20)6-5-13(16)2/h3-9H,10-11H2,1-2H3,(H,21,25)(H,22,23,24). The maximum atomic E-state index is 13.3. The van der Waals surface area contributed by atoms with Crippen LogP contribution in [0.1, 0.15) is 17.0 Å². The largest absolute Gasteiger partial charge is 0.486 e. The Kier molecular flexibility index (Phi) is 6.08. The van der Waals surface area contributed by atoms with Crippen molar-refractivity contribution in [3.05, 3.63) is 65.2 Å². The first-order valence-corrected chi connectivity index (χ1v) is 9.28. The van der Waals surface area contributed by atoms with E-state index in [1.807, 2.05) is 31.2 Å². The predicted octanol–water partition coefficient (Wildman–Crippen LogP) is 3.87. The Morgan fingerprint density at radius 3 is 2.78 bits per heavy atom. The van der Waals surface area contributed by atoms with Crippen LogP contribution in [0.4, 0.5) is 10.1 Å². The van der Waals surface area contributed by atoms with Crippen molar-refractivity contribution in [1.29, 1.82) is 0 Å². The van der Waals surface area contributed by atoms with Gasteiger partial charge < -0.3 is 10.1 Å². The molecule has 0 bridgehead atoms. The number of amides is 1. The highest BCUT2D eigenvalue weighted by atomic mass is 32.2. The molecule has 0 aliphatic rings. The quantitative estimate of drug-likeness (QED) is 0.603. The van der Waals surface area contributed by atoms with Crippen molar-refractivity contribution < 1.29 is 13.9 Å². The van der Waals surface area contributed by atoms with E-state index >= 15 is 0 Å². The number of anilines is 1. The summed E-state index contributed by atoms with van der Waals surface area (Å²) in [5.74, 6) is 0.786. The van der Waals surface area contributed by atoms with E-state index in [0.29, 0.717) is 16.7 Å². The van der Waals surface area contributed by atoms with Crippen LogP contribution in [0.5, 0.6) is 5.75 Å². The van der Waals surface area contributed by atoms with E-state index in [2.05, 4.69) is 20.5 Å². The van der Waals surface area contributed by atoms with Gasteiger partial charge in [-0.25, -0.2) is 9.37 Å². The number of H-pyrrole nitrogens is 1. The van der Waals surface area contributed by atoms with Crippen molar-refractivity contribution in [3.63, 3.8) is 0 Å². The van der Waals surface area contributed by atoms with Crippen LogP contribution >= 0.6 is 11.8 Å². The van der Waals surface area contributed by atoms with E-state index in [-0.39, 0.29) is 18.3 Å². The van der Waals surface area contributed by atoms with Crippen LogP contribution in [0, 0.1) is 19.7 Å². The van der Waals surface area contributed by atoms with Crippen LogP contribution in [0.15, 0.2) is 47.6 Å². The van der Waals surface area contributed by atoms with Crippen LogP contribution in [-0.2, 0) is 11.4 Å². The number of ether oxygens (including phenoxy) is 1. The first-order valence-electron chi connectivity index (χ1n) is 8.29. The summed E-state index contributed by atoms with van der Waals surface area (Å²) in [5.41, 5.74) is 2.42. The lowest BCUT2D eigenvalue weighted by atomic mass is 10.2. The fourth-order valence-corrected chi connectivity index (χ4v) is 2.86. The summed E-state index contributed by atoms with van der Waals surface area (Å²) in [6, 6.07) is 12.0. The fraction of sp³-hybridized carbons (Fsp3) is 0.211. The molecule has 0 atom stereocenters. The third-order valence-electron chi connectivity index (χ3n) is 3.71. The molecule has 6 nitrogen and oxygen atoms in total. The molecule has 1 amide bonds. The highest BCUT2D eigenvalue weighted by Gasteiger charge is 2.10. The predicted molar refractivity (Wildman–Crippen MR) is 102 cm³/mol. The van der Waals surface area contributed by atoms with Gasteiger partial charge in [0.25, 0.3) is 0 Å². The number of carbonyl (C=O) groups is 1. The third-order valence-corrected chi connectivity index (χ3v) is 4.56. The number of nitrogens with one attached hydrogen (secondary N) is 2. The smallest absolute Gasteiger partial charge is 0.234 e. The maximum absolute atomic E-state index is 13.3. The zero-order valence-corrected chi connectivity index (χ0v) is 15.8. The Bertz CT molecular complexity index is 928. The number of nitrogens with zero attached hydrogens (tertiary/aromatic N) is 2. The molecule has 0 spiro atoms. The molecule has 0 radical (unpaired) electrons.